The van der Waals surface area contributed by atoms with Gasteiger partial charge in [-0.05, 0) is 74.7 Å². The van der Waals surface area contributed by atoms with Crippen LogP contribution >= 0.6 is 35.6 Å². The summed E-state index contributed by atoms with van der Waals surface area (Å²) >= 11 is 11.8. The lowest BCUT2D eigenvalue weighted by Gasteiger charge is -2.22. The second kappa shape index (κ2) is 12.0. The van der Waals surface area contributed by atoms with Gasteiger partial charge in [0.1, 0.15) is 0 Å². The molecule has 1 saturated heterocycles. The Morgan fingerprint density at radius 3 is 2.50 bits per heavy atom. The van der Waals surface area contributed by atoms with Gasteiger partial charge < -0.3 is 21.3 Å². The summed E-state index contributed by atoms with van der Waals surface area (Å²) in [6, 6.07) is 11.2. The van der Waals surface area contributed by atoms with Crippen LogP contribution in [0.15, 0.2) is 42.5 Å². The van der Waals surface area contributed by atoms with Crippen LogP contribution < -0.4 is 21.3 Å². The highest BCUT2D eigenvalue weighted by Gasteiger charge is 2.14. The molecule has 0 aromatic heterocycles. The molecule has 2 aromatic carbocycles. The van der Waals surface area contributed by atoms with Gasteiger partial charge in [-0.3, -0.25) is 4.79 Å². The maximum absolute atomic E-state index is 12.4. The topological polar surface area (TPSA) is 82.3 Å². The minimum absolute atomic E-state index is 0. The van der Waals surface area contributed by atoms with Crippen LogP contribution in [0, 0.1) is 5.92 Å². The fourth-order valence-corrected chi connectivity index (χ4v) is 3.57. The largest absolute Gasteiger partial charge is 0.352 e. The second-order valence-corrected chi connectivity index (χ2v) is 7.86. The fourth-order valence-electron chi connectivity index (χ4n) is 3.27. The molecule has 1 unspecified atom stereocenters. The Morgan fingerprint density at radius 2 is 1.80 bits per heavy atom. The van der Waals surface area contributed by atoms with Crippen molar-refractivity contribution in [3.8, 4) is 0 Å². The van der Waals surface area contributed by atoms with Crippen molar-refractivity contribution in [2.45, 2.75) is 19.3 Å². The molecular weight excluding hydrogens is 447 g/mol. The number of benzene rings is 2. The zero-order valence-corrected chi connectivity index (χ0v) is 18.7. The van der Waals surface area contributed by atoms with E-state index in [2.05, 4.69) is 21.3 Å². The van der Waals surface area contributed by atoms with Gasteiger partial charge in [-0.25, -0.2) is 4.79 Å². The van der Waals surface area contributed by atoms with E-state index in [0.29, 0.717) is 39.4 Å². The van der Waals surface area contributed by atoms with E-state index in [1.165, 1.54) is 12.8 Å². The van der Waals surface area contributed by atoms with Crippen LogP contribution in [0.2, 0.25) is 10.0 Å². The summed E-state index contributed by atoms with van der Waals surface area (Å²) in [5.41, 5.74) is 1.54. The van der Waals surface area contributed by atoms with Gasteiger partial charge >= 0.3 is 6.03 Å². The Balaban J connectivity index is 0.00000320. The number of urea groups is 1. The van der Waals surface area contributed by atoms with Gasteiger partial charge in [-0.1, -0.05) is 29.3 Å². The van der Waals surface area contributed by atoms with E-state index in [-0.39, 0.29) is 18.3 Å². The quantitative estimate of drug-likeness (QED) is 0.468. The molecule has 9 heteroatoms. The third-order valence-electron chi connectivity index (χ3n) is 4.80. The van der Waals surface area contributed by atoms with Crippen LogP contribution in [0.25, 0.3) is 0 Å². The Labute approximate surface area is 192 Å². The van der Waals surface area contributed by atoms with E-state index >= 15 is 0 Å². The van der Waals surface area contributed by atoms with E-state index in [0.717, 1.165) is 19.5 Å². The molecule has 162 valence electrons. The maximum Gasteiger partial charge on any atom is 0.323 e. The van der Waals surface area contributed by atoms with Gasteiger partial charge in [0.2, 0.25) is 0 Å². The number of hydrogen-bond donors (Lipinski definition) is 4. The second-order valence-electron chi connectivity index (χ2n) is 7.05. The number of carbonyl (C=O) groups is 2. The molecule has 0 saturated carbocycles. The van der Waals surface area contributed by atoms with Crippen molar-refractivity contribution in [3.63, 3.8) is 0 Å². The molecule has 0 radical (unpaired) electrons. The predicted octanol–water partition coefficient (Wildman–Crippen LogP) is 5.18. The maximum atomic E-state index is 12.4. The molecule has 1 fully saturated rings. The zero-order valence-electron chi connectivity index (χ0n) is 16.3. The lowest BCUT2D eigenvalue weighted by molar-refractivity contribution is 0.0950. The van der Waals surface area contributed by atoms with Crippen molar-refractivity contribution in [1.82, 2.24) is 10.6 Å². The monoisotopic (exact) mass is 470 g/mol. The first-order chi connectivity index (χ1) is 14.0. The summed E-state index contributed by atoms with van der Waals surface area (Å²) in [6.45, 7) is 2.74. The highest BCUT2D eigenvalue weighted by Crippen LogP contribution is 2.25. The Hall–Kier alpha value is -1.99. The van der Waals surface area contributed by atoms with Gasteiger partial charge in [0.05, 0.1) is 10.0 Å². The molecule has 0 aliphatic carbocycles. The van der Waals surface area contributed by atoms with Crippen LogP contribution in [0.3, 0.4) is 0 Å². The third kappa shape index (κ3) is 7.36. The number of rotatable bonds is 6. The average Bonchev–Trinajstić information content (AvgIpc) is 2.71. The van der Waals surface area contributed by atoms with Crippen LogP contribution in [-0.4, -0.2) is 31.6 Å². The number of halogens is 3. The predicted molar refractivity (Wildman–Crippen MR) is 125 cm³/mol. The van der Waals surface area contributed by atoms with Crippen molar-refractivity contribution in [3.05, 3.63) is 58.1 Å². The SMILES string of the molecule is Cl.O=C(Nc1cccc(C(=O)NCCC2CCCNC2)c1)Nc1ccc(Cl)c(Cl)c1. The molecule has 2 aromatic rings. The van der Waals surface area contributed by atoms with Crippen LogP contribution in [0.4, 0.5) is 16.2 Å². The van der Waals surface area contributed by atoms with Gasteiger partial charge in [-0.15, -0.1) is 12.4 Å². The highest BCUT2D eigenvalue weighted by molar-refractivity contribution is 6.42. The molecule has 3 amide bonds. The molecule has 1 aliphatic heterocycles. The number of piperidine rings is 1. The number of carbonyl (C=O) groups excluding carboxylic acids is 2. The van der Waals surface area contributed by atoms with E-state index < -0.39 is 6.03 Å². The van der Waals surface area contributed by atoms with E-state index in [4.69, 9.17) is 23.2 Å². The summed E-state index contributed by atoms with van der Waals surface area (Å²) in [7, 11) is 0. The first-order valence-electron chi connectivity index (χ1n) is 9.63. The number of hydrogen-bond acceptors (Lipinski definition) is 3. The molecular formula is C21H25Cl3N4O2. The molecule has 30 heavy (non-hydrogen) atoms. The fraction of sp³-hybridized carbons (Fsp3) is 0.333. The standard InChI is InChI=1S/C21H24Cl2N4O2.ClH/c22-18-7-6-17(12-19(18)23)27-21(29)26-16-5-1-4-15(11-16)20(28)25-10-8-14-3-2-9-24-13-14;/h1,4-7,11-12,14,24H,2-3,8-10,13H2,(H,25,28)(H2,26,27,29);1H. The zero-order chi connectivity index (χ0) is 20.6. The van der Waals surface area contributed by atoms with Crippen molar-refractivity contribution in [1.29, 1.82) is 0 Å². The smallest absolute Gasteiger partial charge is 0.323 e. The van der Waals surface area contributed by atoms with Crippen molar-refractivity contribution in [2.75, 3.05) is 30.3 Å². The molecule has 0 spiro atoms. The molecule has 1 aliphatic rings. The normalized spacial score (nSPS) is 15.6. The summed E-state index contributed by atoms with van der Waals surface area (Å²) < 4.78 is 0. The Morgan fingerprint density at radius 1 is 1.03 bits per heavy atom. The average molecular weight is 472 g/mol. The summed E-state index contributed by atoms with van der Waals surface area (Å²) in [5, 5.41) is 12.5. The lowest BCUT2D eigenvalue weighted by Crippen LogP contribution is -2.33. The summed E-state index contributed by atoms with van der Waals surface area (Å²) in [5.74, 6) is 0.462. The molecule has 3 rings (SSSR count). The molecule has 1 heterocycles. The minimum Gasteiger partial charge on any atom is -0.352 e. The van der Waals surface area contributed by atoms with E-state index in [1.54, 1.807) is 42.5 Å². The van der Waals surface area contributed by atoms with Gasteiger partial charge in [0.15, 0.2) is 0 Å². The summed E-state index contributed by atoms with van der Waals surface area (Å²) in [4.78, 5) is 24.6. The third-order valence-corrected chi connectivity index (χ3v) is 5.54. The first-order valence-corrected chi connectivity index (χ1v) is 10.4. The van der Waals surface area contributed by atoms with Gasteiger partial charge in [0, 0.05) is 23.5 Å². The van der Waals surface area contributed by atoms with Crippen LogP contribution in [0.1, 0.15) is 29.6 Å². The highest BCUT2D eigenvalue weighted by atomic mass is 35.5. The van der Waals surface area contributed by atoms with E-state index in [9.17, 15) is 9.59 Å². The van der Waals surface area contributed by atoms with Crippen molar-refractivity contribution in [2.24, 2.45) is 5.92 Å². The number of anilines is 2. The van der Waals surface area contributed by atoms with Gasteiger partial charge in [-0.2, -0.15) is 0 Å². The molecule has 0 bridgehead atoms. The van der Waals surface area contributed by atoms with Gasteiger partial charge in [0.25, 0.3) is 5.91 Å². The Kier molecular flexibility index (Phi) is 9.72. The van der Waals surface area contributed by atoms with E-state index in [1.807, 2.05) is 0 Å². The first kappa shape index (κ1) is 24.3. The Bertz CT molecular complexity index is 873. The lowest BCUT2D eigenvalue weighted by atomic mass is 9.96. The van der Waals surface area contributed by atoms with Crippen LogP contribution in [-0.2, 0) is 0 Å². The van der Waals surface area contributed by atoms with Crippen molar-refractivity contribution >= 4 is 58.9 Å². The molecule has 4 N–H and O–H groups in total. The van der Waals surface area contributed by atoms with Crippen molar-refractivity contribution < 1.29 is 9.59 Å². The van der Waals surface area contributed by atoms with Crippen LogP contribution in [0.5, 0.6) is 0 Å². The minimum atomic E-state index is -0.439. The molecule has 6 nitrogen and oxygen atoms in total. The number of amides is 3. The number of nitrogens with one attached hydrogen (secondary N) is 4. The molecule has 1 atom stereocenters. The summed E-state index contributed by atoms with van der Waals surface area (Å²) in [6.07, 6.45) is 3.36.